The molecule has 3 aromatic rings. The molecule has 0 bridgehead atoms. The van der Waals surface area contributed by atoms with Crippen LogP contribution in [-0.2, 0) is 0 Å². The number of likely N-dealkylation sites (tertiary alicyclic amines) is 1. The maximum Gasteiger partial charge on any atom is 0.323 e. The first kappa shape index (κ1) is 16.5. The van der Waals surface area contributed by atoms with Gasteiger partial charge in [0.2, 0.25) is 0 Å². The lowest BCUT2D eigenvalue weighted by atomic mass is 9.93. The second-order valence-corrected chi connectivity index (χ2v) is 6.69. The van der Waals surface area contributed by atoms with Crippen LogP contribution in [0.1, 0.15) is 35.8 Å². The molecule has 26 heavy (non-hydrogen) atoms. The van der Waals surface area contributed by atoms with Crippen molar-refractivity contribution in [2.24, 2.45) is 0 Å². The van der Waals surface area contributed by atoms with E-state index in [-0.39, 0.29) is 6.03 Å². The van der Waals surface area contributed by atoms with E-state index in [1.807, 2.05) is 30.9 Å². The molecule has 0 unspecified atom stereocenters. The number of carbonyl (C=O) groups is 1. The van der Waals surface area contributed by atoms with Crippen molar-refractivity contribution in [2.45, 2.75) is 32.6 Å². The third kappa shape index (κ3) is 3.12. The van der Waals surface area contributed by atoms with Crippen molar-refractivity contribution in [3.8, 4) is 0 Å². The topological polar surface area (TPSA) is 84.2 Å². The van der Waals surface area contributed by atoms with Crippen LogP contribution >= 0.6 is 0 Å². The van der Waals surface area contributed by atoms with Gasteiger partial charge in [-0.1, -0.05) is 5.16 Å². The molecule has 0 spiro atoms. The molecule has 7 nitrogen and oxygen atoms in total. The van der Waals surface area contributed by atoms with E-state index in [1.54, 1.807) is 6.20 Å². The van der Waals surface area contributed by atoms with Crippen LogP contribution in [0.3, 0.4) is 0 Å². The Balaban J connectivity index is 1.40. The standard InChI is InChI=1S/C19H21N5O2/c1-12-13(2)26-23-17(12)22-19(25)24-10-7-14(8-11-24)16-6-5-15-4-3-9-20-18(15)21-16/h3-6,9,14H,7-8,10-11H2,1-2H3,(H,22,23,25). The number of nitrogens with one attached hydrogen (secondary N) is 1. The number of carbonyl (C=O) groups excluding carboxylic acids is 1. The van der Waals surface area contributed by atoms with E-state index >= 15 is 0 Å². The number of aromatic nitrogens is 3. The normalized spacial score (nSPS) is 15.4. The number of hydrogen-bond donors (Lipinski definition) is 1. The number of nitrogens with zero attached hydrogens (tertiary/aromatic N) is 4. The number of fused-ring (bicyclic) bond motifs is 1. The van der Waals surface area contributed by atoms with Gasteiger partial charge in [-0.2, -0.15) is 0 Å². The van der Waals surface area contributed by atoms with Gasteiger partial charge in [0.15, 0.2) is 11.5 Å². The Hall–Kier alpha value is -2.96. The quantitative estimate of drug-likeness (QED) is 0.762. The van der Waals surface area contributed by atoms with Crippen LogP contribution < -0.4 is 5.32 Å². The SMILES string of the molecule is Cc1onc(NC(=O)N2CCC(c3ccc4cccnc4n3)CC2)c1C. The lowest BCUT2D eigenvalue weighted by Gasteiger charge is -2.31. The van der Waals surface area contributed by atoms with Gasteiger partial charge in [0.1, 0.15) is 5.76 Å². The van der Waals surface area contributed by atoms with E-state index in [4.69, 9.17) is 9.51 Å². The second kappa shape index (κ2) is 6.74. The summed E-state index contributed by atoms with van der Waals surface area (Å²) in [7, 11) is 0. The lowest BCUT2D eigenvalue weighted by Crippen LogP contribution is -2.40. The van der Waals surface area contributed by atoms with E-state index in [1.165, 1.54) is 0 Å². The summed E-state index contributed by atoms with van der Waals surface area (Å²) in [5, 5.41) is 7.77. The number of urea groups is 1. The molecule has 2 amide bonds. The molecule has 1 saturated heterocycles. The average Bonchev–Trinajstić information content (AvgIpc) is 3.00. The first-order chi connectivity index (χ1) is 12.6. The molecule has 3 aromatic heterocycles. The molecule has 0 radical (unpaired) electrons. The van der Waals surface area contributed by atoms with E-state index < -0.39 is 0 Å². The second-order valence-electron chi connectivity index (χ2n) is 6.69. The highest BCUT2D eigenvalue weighted by Gasteiger charge is 2.25. The van der Waals surface area contributed by atoms with Crippen molar-refractivity contribution in [3.05, 3.63) is 47.5 Å². The average molecular weight is 351 g/mol. The van der Waals surface area contributed by atoms with Gasteiger partial charge in [-0.25, -0.2) is 14.8 Å². The Kier molecular flexibility index (Phi) is 4.28. The van der Waals surface area contributed by atoms with Crippen molar-refractivity contribution in [2.75, 3.05) is 18.4 Å². The highest BCUT2D eigenvalue weighted by Crippen LogP contribution is 2.28. The Bertz CT molecular complexity index is 944. The smallest absolute Gasteiger partial charge is 0.323 e. The first-order valence-corrected chi connectivity index (χ1v) is 8.82. The fourth-order valence-corrected chi connectivity index (χ4v) is 3.29. The van der Waals surface area contributed by atoms with E-state index in [0.717, 1.165) is 40.9 Å². The van der Waals surface area contributed by atoms with Gasteiger partial charge in [-0.15, -0.1) is 0 Å². The molecular formula is C19H21N5O2. The molecule has 0 saturated carbocycles. The Morgan fingerprint density at radius 1 is 1.23 bits per heavy atom. The Labute approximate surface area is 151 Å². The zero-order valence-corrected chi connectivity index (χ0v) is 14.9. The van der Waals surface area contributed by atoms with Crippen molar-refractivity contribution < 1.29 is 9.32 Å². The van der Waals surface area contributed by atoms with E-state index in [9.17, 15) is 4.79 Å². The van der Waals surface area contributed by atoms with Gasteiger partial charge >= 0.3 is 6.03 Å². The number of anilines is 1. The van der Waals surface area contributed by atoms with Crippen LogP contribution in [0.25, 0.3) is 11.0 Å². The van der Waals surface area contributed by atoms with Crippen LogP contribution in [0.2, 0.25) is 0 Å². The van der Waals surface area contributed by atoms with Gasteiger partial charge in [-0.05, 0) is 51.0 Å². The highest BCUT2D eigenvalue weighted by atomic mass is 16.5. The van der Waals surface area contributed by atoms with Gasteiger partial charge in [0.25, 0.3) is 0 Å². The fraction of sp³-hybridized carbons (Fsp3) is 0.368. The molecule has 1 fully saturated rings. The minimum atomic E-state index is -0.131. The number of aryl methyl sites for hydroxylation is 1. The zero-order valence-electron chi connectivity index (χ0n) is 14.9. The number of amides is 2. The van der Waals surface area contributed by atoms with Crippen LogP contribution in [0, 0.1) is 13.8 Å². The predicted molar refractivity (Wildman–Crippen MR) is 98.1 cm³/mol. The Morgan fingerprint density at radius 2 is 2.04 bits per heavy atom. The minimum Gasteiger partial charge on any atom is -0.359 e. The van der Waals surface area contributed by atoms with E-state index in [0.29, 0.717) is 24.8 Å². The van der Waals surface area contributed by atoms with Crippen LogP contribution in [-0.4, -0.2) is 39.1 Å². The van der Waals surface area contributed by atoms with Crippen LogP contribution in [0.5, 0.6) is 0 Å². The lowest BCUT2D eigenvalue weighted by molar-refractivity contribution is 0.194. The molecule has 0 aliphatic carbocycles. The van der Waals surface area contributed by atoms with Gasteiger partial charge < -0.3 is 9.42 Å². The number of piperidine rings is 1. The van der Waals surface area contributed by atoms with Crippen molar-refractivity contribution in [1.29, 1.82) is 0 Å². The summed E-state index contributed by atoms with van der Waals surface area (Å²) in [4.78, 5) is 23.3. The van der Waals surface area contributed by atoms with Gasteiger partial charge in [0.05, 0.1) is 0 Å². The molecule has 1 aliphatic heterocycles. The maximum absolute atomic E-state index is 12.5. The fourth-order valence-electron chi connectivity index (χ4n) is 3.29. The van der Waals surface area contributed by atoms with Gasteiger partial charge in [0, 0.05) is 41.8 Å². The number of hydrogen-bond acceptors (Lipinski definition) is 5. The molecule has 1 N–H and O–H groups in total. The zero-order chi connectivity index (χ0) is 18.1. The molecule has 0 atom stereocenters. The molecule has 0 aromatic carbocycles. The molecule has 4 rings (SSSR count). The monoisotopic (exact) mass is 351 g/mol. The number of rotatable bonds is 2. The van der Waals surface area contributed by atoms with Gasteiger partial charge in [-0.3, -0.25) is 5.32 Å². The summed E-state index contributed by atoms with van der Waals surface area (Å²) in [5.41, 5.74) is 2.70. The summed E-state index contributed by atoms with van der Waals surface area (Å²) >= 11 is 0. The largest absolute Gasteiger partial charge is 0.359 e. The summed E-state index contributed by atoms with van der Waals surface area (Å²) in [5.74, 6) is 1.56. The van der Waals surface area contributed by atoms with E-state index in [2.05, 4.69) is 27.6 Å². The third-order valence-corrected chi connectivity index (χ3v) is 5.07. The Morgan fingerprint density at radius 3 is 2.77 bits per heavy atom. The summed E-state index contributed by atoms with van der Waals surface area (Å²) in [6, 6.07) is 7.94. The number of pyridine rings is 2. The van der Waals surface area contributed by atoms with Crippen molar-refractivity contribution >= 4 is 22.9 Å². The van der Waals surface area contributed by atoms with Crippen molar-refractivity contribution in [3.63, 3.8) is 0 Å². The first-order valence-electron chi connectivity index (χ1n) is 8.82. The molecule has 1 aliphatic rings. The third-order valence-electron chi connectivity index (χ3n) is 5.07. The molecular weight excluding hydrogens is 330 g/mol. The molecule has 7 heteroatoms. The maximum atomic E-state index is 12.5. The van der Waals surface area contributed by atoms with Crippen molar-refractivity contribution in [1.82, 2.24) is 20.0 Å². The van der Waals surface area contributed by atoms with Crippen LogP contribution in [0.15, 0.2) is 35.0 Å². The minimum absolute atomic E-state index is 0.131. The summed E-state index contributed by atoms with van der Waals surface area (Å²) in [6.45, 7) is 5.09. The molecule has 134 valence electrons. The summed E-state index contributed by atoms with van der Waals surface area (Å²) in [6.07, 6.45) is 3.53. The molecule has 4 heterocycles. The summed E-state index contributed by atoms with van der Waals surface area (Å²) < 4.78 is 5.10. The predicted octanol–water partition coefficient (Wildman–Crippen LogP) is 3.65. The highest BCUT2D eigenvalue weighted by molar-refractivity contribution is 5.89. The van der Waals surface area contributed by atoms with Crippen LogP contribution in [0.4, 0.5) is 10.6 Å².